The van der Waals surface area contributed by atoms with Gasteiger partial charge in [0.15, 0.2) is 17.5 Å². The molecule has 2 nitrogen and oxygen atoms in total. The first-order valence-corrected chi connectivity index (χ1v) is 6.44. The molecule has 1 aliphatic heterocycles. The van der Waals surface area contributed by atoms with Crippen LogP contribution in [-0.2, 0) is 0 Å². The summed E-state index contributed by atoms with van der Waals surface area (Å²) >= 11 is 0. The summed E-state index contributed by atoms with van der Waals surface area (Å²) in [6.07, 6.45) is -5.73. The van der Waals surface area contributed by atoms with Crippen molar-refractivity contribution in [3.63, 3.8) is 0 Å². The molecule has 21 heavy (non-hydrogen) atoms. The number of halogens is 6. The van der Waals surface area contributed by atoms with Gasteiger partial charge in [0.1, 0.15) is 0 Å². The highest BCUT2D eigenvalue weighted by atomic mass is 19.4. The minimum Gasteiger partial charge on any atom is -0.314 e. The quantitative estimate of drug-likeness (QED) is 0.682. The van der Waals surface area contributed by atoms with Crippen molar-refractivity contribution in [3.05, 3.63) is 35.1 Å². The fourth-order valence-corrected chi connectivity index (χ4v) is 2.44. The van der Waals surface area contributed by atoms with E-state index < -0.39 is 36.1 Å². The molecule has 1 aliphatic rings. The Hall–Kier alpha value is -1.28. The van der Waals surface area contributed by atoms with Crippen LogP contribution in [0.25, 0.3) is 0 Å². The van der Waals surface area contributed by atoms with Crippen molar-refractivity contribution in [2.24, 2.45) is 0 Å². The molecule has 1 aromatic rings. The van der Waals surface area contributed by atoms with E-state index in [1.54, 1.807) is 0 Å². The topological polar surface area (TPSA) is 15.3 Å². The fourth-order valence-electron chi connectivity index (χ4n) is 2.44. The Balaban J connectivity index is 2.34. The molecule has 0 spiro atoms. The highest BCUT2D eigenvalue weighted by Crippen LogP contribution is 2.35. The second kappa shape index (κ2) is 6.23. The van der Waals surface area contributed by atoms with Crippen molar-refractivity contribution < 1.29 is 26.3 Å². The first-order chi connectivity index (χ1) is 9.78. The summed E-state index contributed by atoms with van der Waals surface area (Å²) in [6.45, 7) is 1.61. The number of nitrogens with zero attached hydrogens (tertiary/aromatic N) is 1. The molecule has 1 heterocycles. The zero-order valence-corrected chi connectivity index (χ0v) is 11.0. The molecule has 0 saturated carbocycles. The van der Waals surface area contributed by atoms with E-state index in [2.05, 4.69) is 5.32 Å². The number of rotatable bonds is 3. The Morgan fingerprint density at radius 3 is 2.05 bits per heavy atom. The maximum atomic E-state index is 13.3. The molecule has 0 radical (unpaired) electrons. The first kappa shape index (κ1) is 16.1. The number of hydrogen-bond acceptors (Lipinski definition) is 2. The van der Waals surface area contributed by atoms with E-state index in [0.717, 1.165) is 0 Å². The molecule has 118 valence electrons. The molecule has 1 atom stereocenters. The first-order valence-electron chi connectivity index (χ1n) is 6.44. The number of alkyl halides is 3. The number of benzene rings is 1. The van der Waals surface area contributed by atoms with E-state index in [0.29, 0.717) is 38.3 Å². The van der Waals surface area contributed by atoms with Gasteiger partial charge in [-0.05, 0) is 17.7 Å². The maximum absolute atomic E-state index is 13.3. The Morgan fingerprint density at radius 2 is 1.57 bits per heavy atom. The van der Waals surface area contributed by atoms with Gasteiger partial charge in [-0.15, -0.1) is 0 Å². The Morgan fingerprint density at radius 1 is 1.05 bits per heavy atom. The van der Waals surface area contributed by atoms with Crippen LogP contribution < -0.4 is 5.32 Å². The fraction of sp³-hybridized carbons (Fsp3) is 0.538. The third kappa shape index (κ3) is 4.10. The van der Waals surface area contributed by atoms with Crippen LogP contribution in [0.4, 0.5) is 26.3 Å². The molecule has 0 bridgehead atoms. The van der Waals surface area contributed by atoms with Crippen molar-refractivity contribution in [3.8, 4) is 0 Å². The van der Waals surface area contributed by atoms with Gasteiger partial charge in [-0.2, -0.15) is 13.2 Å². The molecule has 1 aromatic carbocycles. The molecule has 1 saturated heterocycles. The number of nitrogens with one attached hydrogen (secondary N) is 1. The lowest BCUT2D eigenvalue weighted by Gasteiger charge is -2.35. The standard InChI is InChI=1S/C13H14F6N2/c14-9-5-8(6-10(15)12(9)16)11(7-13(17,18)19)21-3-1-20-2-4-21/h5-6,11,20H,1-4,7H2/t11-/m1/s1. The monoisotopic (exact) mass is 312 g/mol. The molecule has 0 aliphatic carbocycles. The highest BCUT2D eigenvalue weighted by Gasteiger charge is 2.36. The van der Waals surface area contributed by atoms with Gasteiger partial charge in [0.2, 0.25) is 0 Å². The van der Waals surface area contributed by atoms with Gasteiger partial charge in [-0.3, -0.25) is 4.90 Å². The van der Waals surface area contributed by atoms with Gasteiger partial charge in [0.05, 0.1) is 6.42 Å². The van der Waals surface area contributed by atoms with Gasteiger partial charge < -0.3 is 5.32 Å². The predicted molar refractivity (Wildman–Crippen MR) is 64.2 cm³/mol. The smallest absolute Gasteiger partial charge is 0.314 e. The van der Waals surface area contributed by atoms with Crippen molar-refractivity contribution >= 4 is 0 Å². The lowest BCUT2D eigenvalue weighted by atomic mass is 10.00. The second-order valence-corrected chi connectivity index (χ2v) is 4.92. The Labute approximate surface area is 117 Å². The predicted octanol–water partition coefficient (Wildman–Crippen LogP) is 3.00. The van der Waals surface area contributed by atoms with Crippen LogP contribution in [0, 0.1) is 17.5 Å². The molecule has 0 aromatic heterocycles. The summed E-state index contributed by atoms with van der Waals surface area (Å²) < 4.78 is 77.7. The maximum Gasteiger partial charge on any atom is 0.390 e. The van der Waals surface area contributed by atoms with Crippen LogP contribution in [0.15, 0.2) is 12.1 Å². The summed E-state index contributed by atoms with van der Waals surface area (Å²) in [7, 11) is 0. The highest BCUT2D eigenvalue weighted by molar-refractivity contribution is 5.23. The third-order valence-electron chi connectivity index (χ3n) is 3.41. The van der Waals surface area contributed by atoms with Gasteiger partial charge in [0, 0.05) is 32.2 Å². The van der Waals surface area contributed by atoms with Gasteiger partial charge in [0.25, 0.3) is 0 Å². The van der Waals surface area contributed by atoms with Crippen LogP contribution in [-0.4, -0.2) is 37.3 Å². The summed E-state index contributed by atoms with van der Waals surface area (Å²) in [5, 5.41) is 2.98. The van der Waals surface area contributed by atoms with Crippen LogP contribution >= 0.6 is 0 Å². The molecule has 0 amide bonds. The Kier molecular flexibility index (Phi) is 4.77. The lowest BCUT2D eigenvalue weighted by molar-refractivity contribution is -0.148. The molecule has 0 unspecified atom stereocenters. The second-order valence-electron chi connectivity index (χ2n) is 4.92. The molecular formula is C13H14F6N2. The van der Waals surface area contributed by atoms with E-state index in [-0.39, 0.29) is 5.56 Å². The molecule has 1 N–H and O–H groups in total. The molecular weight excluding hydrogens is 298 g/mol. The summed E-state index contributed by atoms with van der Waals surface area (Å²) in [5.74, 6) is -4.63. The molecule has 8 heteroatoms. The lowest BCUT2D eigenvalue weighted by Crippen LogP contribution is -2.46. The van der Waals surface area contributed by atoms with Crippen molar-refractivity contribution in [2.75, 3.05) is 26.2 Å². The van der Waals surface area contributed by atoms with Crippen LogP contribution in [0.5, 0.6) is 0 Å². The zero-order chi connectivity index (χ0) is 15.6. The van der Waals surface area contributed by atoms with E-state index in [4.69, 9.17) is 0 Å². The van der Waals surface area contributed by atoms with E-state index in [9.17, 15) is 26.3 Å². The van der Waals surface area contributed by atoms with Gasteiger partial charge in [-0.1, -0.05) is 0 Å². The minimum absolute atomic E-state index is 0.203. The van der Waals surface area contributed by atoms with Gasteiger partial charge in [-0.25, -0.2) is 13.2 Å². The summed E-state index contributed by atoms with van der Waals surface area (Å²) in [4.78, 5) is 1.50. The Bertz CT molecular complexity index is 473. The van der Waals surface area contributed by atoms with E-state index >= 15 is 0 Å². The minimum atomic E-state index is -4.49. The average molecular weight is 312 g/mol. The third-order valence-corrected chi connectivity index (χ3v) is 3.41. The average Bonchev–Trinajstić information content (AvgIpc) is 2.41. The largest absolute Gasteiger partial charge is 0.390 e. The van der Waals surface area contributed by atoms with E-state index in [1.807, 2.05) is 0 Å². The molecule has 2 rings (SSSR count). The van der Waals surface area contributed by atoms with Crippen LogP contribution in [0.2, 0.25) is 0 Å². The van der Waals surface area contributed by atoms with Crippen molar-refractivity contribution in [1.82, 2.24) is 10.2 Å². The number of hydrogen-bond donors (Lipinski definition) is 1. The van der Waals surface area contributed by atoms with Crippen molar-refractivity contribution in [2.45, 2.75) is 18.6 Å². The van der Waals surface area contributed by atoms with Crippen molar-refractivity contribution in [1.29, 1.82) is 0 Å². The van der Waals surface area contributed by atoms with E-state index in [1.165, 1.54) is 4.90 Å². The summed E-state index contributed by atoms with van der Waals surface area (Å²) in [6, 6.07) is 0.0463. The van der Waals surface area contributed by atoms with Crippen LogP contribution in [0.3, 0.4) is 0 Å². The SMILES string of the molecule is Fc1cc([C@@H](CC(F)(F)F)N2CCNCC2)cc(F)c1F. The number of piperazine rings is 1. The molecule has 1 fully saturated rings. The normalized spacial score (nSPS) is 18.8. The zero-order valence-electron chi connectivity index (χ0n) is 11.0. The summed E-state index contributed by atoms with van der Waals surface area (Å²) in [5.41, 5.74) is -0.203. The van der Waals surface area contributed by atoms with Crippen LogP contribution in [0.1, 0.15) is 18.0 Å². The van der Waals surface area contributed by atoms with Gasteiger partial charge >= 0.3 is 6.18 Å².